The number of halogens is 1. The Morgan fingerprint density at radius 3 is 3.40 bits per heavy atom. The molecular formula is C8H12BrN4OSi. The smallest absolute Gasteiger partial charge is 0.150 e. The molecule has 0 bridgehead atoms. The highest BCUT2D eigenvalue weighted by Gasteiger charge is 2.31. The zero-order valence-corrected chi connectivity index (χ0v) is 10.7. The van der Waals surface area contributed by atoms with E-state index < -0.39 is 0 Å². The van der Waals surface area contributed by atoms with Crippen LogP contribution in [0.2, 0.25) is 6.04 Å². The summed E-state index contributed by atoms with van der Waals surface area (Å²) >= 11 is 3.44. The first-order valence-corrected chi connectivity index (χ1v) is 6.21. The fourth-order valence-electron chi connectivity index (χ4n) is 1.52. The average molecular weight is 288 g/mol. The maximum atomic E-state index is 5.46. The molecule has 1 atom stereocenters. The standard InChI is InChI=1S/C8H12BrN4OSi/c9-7-6-8(11-3-10-7)13(4-12-6)5-14-1-2-15/h3,8,12H,1-2,4-5H2,(H,10,11). The largest absolute Gasteiger partial charge is 0.370 e. The summed E-state index contributed by atoms with van der Waals surface area (Å²) in [6, 6.07) is 0.850. The number of ether oxygens (including phenoxy) is 1. The second-order valence-corrected chi connectivity index (χ2v) is 4.53. The van der Waals surface area contributed by atoms with Crippen molar-refractivity contribution < 1.29 is 4.74 Å². The second-order valence-electron chi connectivity index (χ2n) is 3.23. The zero-order chi connectivity index (χ0) is 10.7. The summed E-state index contributed by atoms with van der Waals surface area (Å²) in [5.74, 6) is 0. The Labute approximate surface area is 100 Å². The van der Waals surface area contributed by atoms with Gasteiger partial charge in [0.25, 0.3) is 0 Å². The molecule has 3 radical (unpaired) electrons. The van der Waals surface area contributed by atoms with Gasteiger partial charge in [-0.2, -0.15) is 0 Å². The molecule has 15 heavy (non-hydrogen) atoms. The van der Waals surface area contributed by atoms with E-state index in [1.54, 1.807) is 6.34 Å². The molecule has 0 aromatic rings. The Kier molecular flexibility index (Phi) is 3.79. The number of aliphatic imine (C=N–C) groups is 1. The van der Waals surface area contributed by atoms with E-state index in [4.69, 9.17) is 4.74 Å². The van der Waals surface area contributed by atoms with Crippen LogP contribution in [-0.4, -0.2) is 47.7 Å². The van der Waals surface area contributed by atoms with Gasteiger partial charge in [-0.25, -0.2) is 9.89 Å². The first kappa shape index (κ1) is 11.1. The van der Waals surface area contributed by atoms with Gasteiger partial charge in [-0.15, -0.1) is 0 Å². The lowest BCUT2D eigenvalue weighted by Crippen LogP contribution is -2.34. The van der Waals surface area contributed by atoms with Crippen molar-refractivity contribution in [2.75, 3.05) is 20.0 Å². The van der Waals surface area contributed by atoms with E-state index in [-0.39, 0.29) is 6.17 Å². The van der Waals surface area contributed by atoms with Crippen molar-refractivity contribution in [2.45, 2.75) is 12.2 Å². The normalized spacial score (nSPS) is 25.1. The number of hydrogen-bond acceptors (Lipinski definition) is 5. The molecule has 0 aromatic carbocycles. The molecule has 81 valence electrons. The Hall–Kier alpha value is -0.373. The summed E-state index contributed by atoms with van der Waals surface area (Å²) < 4.78 is 6.41. The number of nitrogens with one attached hydrogen (secondary N) is 2. The van der Waals surface area contributed by atoms with E-state index in [2.05, 4.69) is 46.7 Å². The molecule has 0 saturated carbocycles. The highest BCUT2D eigenvalue weighted by molar-refractivity contribution is 9.11. The maximum absolute atomic E-state index is 5.46. The van der Waals surface area contributed by atoms with Gasteiger partial charge in [0, 0.05) is 16.8 Å². The Balaban J connectivity index is 1.93. The minimum absolute atomic E-state index is 0.0512. The summed E-state index contributed by atoms with van der Waals surface area (Å²) in [5.41, 5.74) is 1.07. The van der Waals surface area contributed by atoms with Crippen LogP contribution in [0.1, 0.15) is 0 Å². The third-order valence-electron chi connectivity index (χ3n) is 2.22. The molecule has 1 unspecified atom stereocenters. The molecule has 0 aliphatic carbocycles. The molecule has 2 aliphatic rings. The van der Waals surface area contributed by atoms with Gasteiger partial charge < -0.3 is 15.4 Å². The van der Waals surface area contributed by atoms with E-state index in [0.717, 1.165) is 23.0 Å². The van der Waals surface area contributed by atoms with Crippen molar-refractivity contribution in [3.05, 3.63) is 10.3 Å². The Morgan fingerprint density at radius 2 is 2.60 bits per heavy atom. The monoisotopic (exact) mass is 287 g/mol. The van der Waals surface area contributed by atoms with Gasteiger partial charge in [-0.1, -0.05) is 0 Å². The number of rotatable bonds is 4. The highest BCUT2D eigenvalue weighted by atomic mass is 79.9. The van der Waals surface area contributed by atoms with Gasteiger partial charge >= 0.3 is 0 Å². The van der Waals surface area contributed by atoms with Crippen molar-refractivity contribution in [2.24, 2.45) is 4.99 Å². The van der Waals surface area contributed by atoms with E-state index in [1.807, 2.05) is 0 Å². The number of nitrogens with zero attached hydrogens (tertiary/aromatic N) is 2. The highest BCUT2D eigenvalue weighted by Crippen LogP contribution is 2.23. The van der Waals surface area contributed by atoms with Gasteiger partial charge in [0.2, 0.25) is 0 Å². The summed E-state index contributed by atoms with van der Waals surface area (Å²) in [7, 11) is 3.37. The van der Waals surface area contributed by atoms with E-state index >= 15 is 0 Å². The lowest BCUT2D eigenvalue weighted by molar-refractivity contribution is 0.0324. The lowest BCUT2D eigenvalue weighted by atomic mass is 10.3. The van der Waals surface area contributed by atoms with Crippen molar-refractivity contribution in [1.82, 2.24) is 15.5 Å². The minimum atomic E-state index is 0.0512. The molecule has 5 nitrogen and oxygen atoms in total. The molecule has 7 heteroatoms. The van der Waals surface area contributed by atoms with Crippen LogP contribution in [0.4, 0.5) is 0 Å². The van der Waals surface area contributed by atoms with Gasteiger partial charge in [0.15, 0.2) is 0 Å². The van der Waals surface area contributed by atoms with Crippen molar-refractivity contribution >= 4 is 32.5 Å². The summed E-state index contributed by atoms with van der Waals surface area (Å²) in [6.07, 6.45) is 1.75. The third-order valence-corrected chi connectivity index (χ3v) is 3.08. The zero-order valence-electron chi connectivity index (χ0n) is 8.16. The second kappa shape index (κ2) is 5.11. The lowest BCUT2D eigenvalue weighted by Gasteiger charge is -2.22. The summed E-state index contributed by atoms with van der Waals surface area (Å²) in [4.78, 5) is 6.47. The van der Waals surface area contributed by atoms with Crippen LogP contribution in [0.15, 0.2) is 15.3 Å². The molecule has 2 N–H and O–H groups in total. The van der Waals surface area contributed by atoms with E-state index in [0.29, 0.717) is 13.3 Å². The van der Waals surface area contributed by atoms with Gasteiger partial charge in [-0.3, -0.25) is 0 Å². The number of hydrogen-bond donors (Lipinski definition) is 2. The van der Waals surface area contributed by atoms with Crippen molar-refractivity contribution in [3.8, 4) is 0 Å². The topological polar surface area (TPSA) is 48.9 Å². The molecule has 0 aromatic heterocycles. The number of fused-ring (bicyclic) bond motifs is 1. The molecule has 1 fully saturated rings. The Morgan fingerprint density at radius 1 is 1.73 bits per heavy atom. The van der Waals surface area contributed by atoms with E-state index in [9.17, 15) is 0 Å². The molecule has 0 amide bonds. The fraction of sp³-hybridized carbons (Fsp3) is 0.625. The first-order valence-electron chi connectivity index (χ1n) is 4.71. The first-order chi connectivity index (χ1) is 7.33. The maximum Gasteiger partial charge on any atom is 0.150 e. The van der Waals surface area contributed by atoms with Crippen molar-refractivity contribution in [3.63, 3.8) is 0 Å². The SMILES string of the molecule is [Si]CCOCN1CNC2=C(Br)NC=NC21. The average Bonchev–Trinajstić information content (AvgIpc) is 2.64. The predicted octanol–water partition coefficient (Wildman–Crippen LogP) is -0.0684. The van der Waals surface area contributed by atoms with Crippen molar-refractivity contribution in [1.29, 1.82) is 0 Å². The van der Waals surface area contributed by atoms with Gasteiger partial charge in [0.1, 0.15) is 17.5 Å². The van der Waals surface area contributed by atoms with Crippen LogP contribution in [0.3, 0.4) is 0 Å². The molecule has 1 saturated heterocycles. The minimum Gasteiger partial charge on any atom is -0.370 e. The Bertz CT molecular complexity index is 296. The molecule has 2 heterocycles. The fourth-order valence-corrected chi connectivity index (χ4v) is 2.11. The van der Waals surface area contributed by atoms with Crippen LogP contribution in [0.5, 0.6) is 0 Å². The molecular weight excluding hydrogens is 276 g/mol. The third kappa shape index (κ3) is 2.41. The van der Waals surface area contributed by atoms with E-state index in [1.165, 1.54) is 0 Å². The van der Waals surface area contributed by atoms with Gasteiger partial charge in [-0.05, 0) is 22.0 Å². The summed E-state index contributed by atoms with van der Waals surface area (Å²) in [6.45, 7) is 2.06. The van der Waals surface area contributed by atoms with Crippen LogP contribution in [0.25, 0.3) is 0 Å². The quantitative estimate of drug-likeness (QED) is 0.432. The van der Waals surface area contributed by atoms with Gasteiger partial charge in [0.05, 0.1) is 18.7 Å². The molecule has 2 aliphatic heterocycles. The molecule has 0 spiro atoms. The molecule has 2 rings (SSSR count). The van der Waals surface area contributed by atoms with Crippen LogP contribution in [-0.2, 0) is 4.74 Å². The predicted molar refractivity (Wildman–Crippen MR) is 62.6 cm³/mol. The van der Waals surface area contributed by atoms with Crippen LogP contribution >= 0.6 is 15.9 Å². The van der Waals surface area contributed by atoms with Crippen LogP contribution in [0, 0.1) is 0 Å². The van der Waals surface area contributed by atoms with Crippen LogP contribution < -0.4 is 10.6 Å². The summed E-state index contributed by atoms with van der Waals surface area (Å²) in [5, 5.41) is 6.28.